The SMILES string of the molecule is Cc1ccccc1OCC(=O)N1CCN(S(=O)(=O)c2ccccc2Cl)CC1. The summed E-state index contributed by atoms with van der Waals surface area (Å²) >= 11 is 6.03. The highest BCUT2D eigenvalue weighted by molar-refractivity contribution is 7.89. The lowest BCUT2D eigenvalue weighted by molar-refractivity contribution is -0.134. The zero-order chi connectivity index (χ0) is 19.4. The molecule has 1 heterocycles. The quantitative estimate of drug-likeness (QED) is 0.762. The maximum atomic E-state index is 12.7. The van der Waals surface area contributed by atoms with Gasteiger partial charge in [0.1, 0.15) is 10.6 Å². The molecule has 27 heavy (non-hydrogen) atoms. The average Bonchev–Trinajstić information content (AvgIpc) is 2.67. The summed E-state index contributed by atoms with van der Waals surface area (Å²) in [5.41, 5.74) is 0.959. The molecule has 0 bridgehead atoms. The second-order valence-corrected chi connectivity index (χ2v) is 8.58. The third kappa shape index (κ3) is 4.43. The van der Waals surface area contributed by atoms with Crippen molar-refractivity contribution in [2.75, 3.05) is 32.8 Å². The Balaban J connectivity index is 1.58. The zero-order valence-corrected chi connectivity index (χ0v) is 16.5. The van der Waals surface area contributed by atoms with Gasteiger partial charge in [0.2, 0.25) is 10.0 Å². The highest BCUT2D eigenvalue weighted by atomic mass is 35.5. The van der Waals surface area contributed by atoms with Crippen LogP contribution >= 0.6 is 11.6 Å². The van der Waals surface area contributed by atoms with Gasteiger partial charge in [0.05, 0.1) is 5.02 Å². The molecule has 0 unspecified atom stereocenters. The Bertz CT molecular complexity index is 925. The highest BCUT2D eigenvalue weighted by Gasteiger charge is 2.31. The molecule has 2 aromatic rings. The van der Waals surface area contributed by atoms with Crippen molar-refractivity contribution in [1.29, 1.82) is 0 Å². The van der Waals surface area contributed by atoms with E-state index in [2.05, 4.69) is 0 Å². The predicted molar refractivity (Wildman–Crippen MR) is 103 cm³/mol. The van der Waals surface area contributed by atoms with E-state index >= 15 is 0 Å². The highest BCUT2D eigenvalue weighted by Crippen LogP contribution is 2.25. The van der Waals surface area contributed by atoms with Gasteiger partial charge in [-0.25, -0.2) is 8.42 Å². The largest absolute Gasteiger partial charge is 0.484 e. The Hall–Kier alpha value is -2.09. The molecule has 1 aliphatic heterocycles. The Morgan fingerprint density at radius 2 is 1.67 bits per heavy atom. The van der Waals surface area contributed by atoms with E-state index in [1.165, 1.54) is 10.4 Å². The summed E-state index contributed by atoms with van der Waals surface area (Å²) in [5, 5.41) is 0.197. The van der Waals surface area contributed by atoms with Crippen molar-refractivity contribution in [2.24, 2.45) is 0 Å². The first-order chi connectivity index (χ1) is 12.9. The van der Waals surface area contributed by atoms with Crippen molar-refractivity contribution in [3.63, 3.8) is 0 Å². The molecule has 1 fully saturated rings. The van der Waals surface area contributed by atoms with Crippen LogP contribution < -0.4 is 4.74 Å². The third-order valence-electron chi connectivity index (χ3n) is 4.49. The zero-order valence-electron chi connectivity index (χ0n) is 15.0. The van der Waals surface area contributed by atoms with E-state index in [-0.39, 0.29) is 35.5 Å². The Morgan fingerprint density at radius 1 is 1.04 bits per heavy atom. The van der Waals surface area contributed by atoms with Crippen LogP contribution in [0.4, 0.5) is 0 Å². The summed E-state index contributed by atoms with van der Waals surface area (Å²) < 4.78 is 32.4. The number of carbonyl (C=O) groups excluding carboxylic acids is 1. The van der Waals surface area contributed by atoms with Crippen LogP contribution in [-0.4, -0.2) is 56.3 Å². The van der Waals surface area contributed by atoms with E-state index in [4.69, 9.17) is 16.3 Å². The fraction of sp³-hybridized carbons (Fsp3) is 0.316. The summed E-state index contributed by atoms with van der Waals surface area (Å²) in [6.07, 6.45) is 0. The number of hydrogen-bond acceptors (Lipinski definition) is 4. The molecule has 0 aliphatic carbocycles. The normalized spacial score (nSPS) is 15.6. The van der Waals surface area contributed by atoms with Gasteiger partial charge in [-0.3, -0.25) is 4.79 Å². The number of hydrogen-bond donors (Lipinski definition) is 0. The van der Waals surface area contributed by atoms with Crippen molar-refractivity contribution in [2.45, 2.75) is 11.8 Å². The number of carbonyl (C=O) groups is 1. The van der Waals surface area contributed by atoms with Gasteiger partial charge in [-0.05, 0) is 30.7 Å². The van der Waals surface area contributed by atoms with E-state index in [0.29, 0.717) is 18.8 Å². The van der Waals surface area contributed by atoms with Crippen LogP contribution in [0.5, 0.6) is 5.75 Å². The first kappa shape index (κ1) is 19.7. The van der Waals surface area contributed by atoms with Gasteiger partial charge >= 0.3 is 0 Å². The molecule has 0 N–H and O–H groups in total. The van der Waals surface area contributed by atoms with Crippen molar-refractivity contribution in [1.82, 2.24) is 9.21 Å². The van der Waals surface area contributed by atoms with E-state index in [1.807, 2.05) is 31.2 Å². The van der Waals surface area contributed by atoms with Gasteiger partial charge in [0.25, 0.3) is 5.91 Å². The number of piperazine rings is 1. The van der Waals surface area contributed by atoms with Crippen LogP contribution in [0.3, 0.4) is 0 Å². The Labute approximate surface area is 164 Å². The summed E-state index contributed by atoms with van der Waals surface area (Å²) in [4.78, 5) is 14.1. The molecule has 2 aromatic carbocycles. The van der Waals surface area contributed by atoms with E-state index in [0.717, 1.165) is 5.56 Å². The van der Waals surface area contributed by atoms with Crippen LogP contribution in [0.2, 0.25) is 5.02 Å². The van der Waals surface area contributed by atoms with Gasteiger partial charge < -0.3 is 9.64 Å². The van der Waals surface area contributed by atoms with Gasteiger partial charge in [-0.15, -0.1) is 0 Å². The monoisotopic (exact) mass is 408 g/mol. The number of ether oxygens (including phenoxy) is 1. The molecule has 0 spiro atoms. The molecule has 0 radical (unpaired) electrons. The molecule has 0 saturated carbocycles. The molecule has 0 aromatic heterocycles. The standard InChI is InChI=1S/C19H21ClN2O4S/c1-15-6-2-4-8-17(15)26-14-19(23)21-10-12-22(13-11-21)27(24,25)18-9-5-3-7-16(18)20/h2-9H,10-14H2,1H3. The molecule has 8 heteroatoms. The van der Waals surface area contributed by atoms with Crippen LogP contribution in [0.1, 0.15) is 5.56 Å². The number of benzene rings is 2. The summed E-state index contributed by atoms with van der Waals surface area (Å²) in [6.45, 7) is 2.94. The smallest absolute Gasteiger partial charge is 0.260 e. The van der Waals surface area contributed by atoms with Gasteiger partial charge in [0.15, 0.2) is 6.61 Å². The molecule has 144 valence electrons. The topological polar surface area (TPSA) is 66.9 Å². The van der Waals surface area contributed by atoms with Crippen molar-refractivity contribution >= 4 is 27.5 Å². The van der Waals surface area contributed by atoms with Crippen molar-refractivity contribution in [3.05, 3.63) is 59.1 Å². The second kappa shape index (κ2) is 8.29. The lowest BCUT2D eigenvalue weighted by Crippen LogP contribution is -2.51. The Kier molecular flexibility index (Phi) is 6.04. The molecule has 0 atom stereocenters. The maximum absolute atomic E-state index is 12.7. The first-order valence-corrected chi connectivity index (χ1v) is 10.4. The number of sulfonamides is 1. The number of nitrogens with zero attached hydrogens (tertiary/aromatic N) is 2. The number of halogens is 1. The minimum atomic E-state index is -3.67. The maximum Gasteiger partial charge on any atom is 0.260 e. The summed E-state index contributed by atoms with van der Waals surface area (Å²) in [5.74, 6) is 0.513. The van der Waals surface area contributed by atoms with Crippen LogP contribution in [0, 0.1) is 6.92 Å². The third-order valence-corrected chi connectivity index (χ3v) is 6.89. The van der Waals surface area contributed by atoms with E-state index < -0.39 is 10.0 Å². The van der Waals surface area contributed by atoms with Gasteiger partial charge in [-0.2, -0.15) is 4.31 Å². The summed E-state index contributed by atoms with van der Waals surface area (Å²) in [6, 6.07) is 13.9. The predicted octanol–water partition coefficient (Wildman–Crippen LogP) is 2.56. The minimum absolute atomic E-state index is 0.0673. The van der Waals surface area contributed by atoms with Gasteiger partial charge in [0, 0.05) is 26.2 Å². The first-order valence-electron chi connectivity index (χ1n) is 8.60. The van der Waals surface area contributed by atoms with E-state index in [9.17, 15) is 13.2 Å². The van der Waals surface area contributed by atoms with E-state index in [1.54, 1.807) is 23.1 Å². The lowest BCUT2D eigenvalue weighted by atomic mass is 10.2. The molecular weight excluding hydrogens is 388 g/mol. The fourth-order valence-electron chi connectivity index (χ4n) is 2.92. The van der Waals surface area contributed by atoms with Crippen molar-refractivity contribution in [3.8, 4) is 5.75 Å². The molecule has 1 amide bonds. The van der Waals surface area contributed by atoms with Crippen LogP contribution in [0.25, 0.3) is 0 Å². The molecule has 3 rings (SSSR count). The molecule has 6 nitrogen and oxygen atoms in total. The minimum Gasteiger partial charge on any atom is -0.484 e. The fourth-order valence-corrected chi connectivity index (χ4v) is 4.84. The van der Waals surface area contributed by atoms with Crippen LogP contribution in [-0.2, 0) is 14.8 Å². The van der Waals surface area contributed by atoms with Crippen molar-refractivity contribution < 1.29 is 17.9 Å². The average molecular weight is 409 g/mol. The molecule has 1 saturated heterocycles. The van der Waals surface area contributed by atoms with Gasteiger partial charge in [-0.1, -0.05) is 41.9 Å². The molecular formula is C19H21ClN2O4S. The number of rotatable bonds is 5. The lowest BCUT2D eigenvalue weighted by Gasteiger charge is -2.34. The number of aryl methyl sites for hydroxylation is 1. The second-order valence-electron chi connectivity index (χ2n) is 6.27. The molecule has 1 aliphatic rings. The van der Waals surface area contributed by atoms with Crippen LogP contribution in [0.15, 0.2) is 53.4 Å². The summed E-state index contributed by atoms with van der Waals surface area (Å²) in [7, 11) is -3.67. The Morgan fingerprint density at radius 3 is 2.33 bits per heavy atom. The number of para-hydroxylation sites is 1. The number of amides is 1.